The summed E-state index contributed by atoms with van der Waals surface area (Å²) < 4.78 is 5.37. The van der Waals surface area contributed by atoms with Crippen LogP contribution in [0.1, 0.15) is 63.8 Å². The molecule has 0 fully saturated rings. The molecule has 2 aromatic rings. The summed E-state index contributed by atoms with van der Waals surface area (Å²) in [5.74, 6) is 1.73. The third-order valence-electron chi connectivity index (χ3n) is 5.56. The van der Waals surface area contributed by atoms with Crippen molar-refractivity contribution in [3.05, 3.63) is 64.2 Å². The molecule has 198 valence electrons. The van der Waals surface area contributed by atoms with Gasteiger partial charge in [0.2, 0.25) is 5.91 Å². The molecule has 2 rings (SSSR count). The quantitative estimate of drug-likeness (QED) is 0.432. The number of nitrogens with one attached hydrogen (secondary N) is 2. The van der Waals surface area contributed by atoms with Crippen molar-refractivity contribution >= 4 is 35.2 Å². The third kappa shape index (κ3) is 8.26. The number of rotatable bonds is 8. The predicted octanol–water partition coefficient (Wildman–Crippen LogP) is 5.71. The second-order valence-electron chi connectivity index (χ2n) is 10.3. The normalized spacial score (nSPS) is 12.8. The third-order valence-corrected chi connectivity index (χ3v) is 5.88. The highest BCUT2D eigenvalue weighted by molar-refractivity contribution is 6.34. The summed E-state index contributed by atoms with van der Waals surface area (Å²) in [5, 5.41) is 5.92. The fraction of sp³-hybridized carbons (Fsp3) is 0.414. The van der Waals surface area contributed by atoms with Gasteiger partial charge >= 0.3 is 6.09 Å². The SMILES string of the molecule is C#Cc1ccccc1C(C(=O)Nc1c(C)cccc1Cl)N(C)C(=O)C(CC(C)C)NC(=O)OC(C)(C)C. The molecule has 0 heterocycles. The van der Waals surface area contributed by atoms with Gasteiger partial charge in [-0.1, -0.05) is 61.7 Å². The van der Waals surface area contributed by atoms with E-state index in [4.69, 9.17) is 22.8 Å². The van der Waals surface area contributed by atoms with Crippen LogP contribution in [0.15, 0.2) is 42.5 Å². The van der Waals surface area contributed by atoms with Crippen LogP contribution in [0.3, 0.4) is 0 Å². The van der Waals surface area contributed by atoms with Crippen LogP contribution in [0.5, 0.6) is 0 Å². The smallest absolute Gasteiger partial charge is 0.408 e. The Morgan fingerprint density at radius 1 is 1.11 bits per heavy atom. The molecule has 2 atom stereocenters. The number of halogens is 1. The maximum Gasteiger partial charge on any atom is 0.408 e. The lowest BCUT2D eigenvalue weighted by Gasteiger charge is -2.32. The number of hydrogen-bond acceptors (Lipinski definition) is 4. The van der Waals surface area contributed by atoms with Gasteiger partial charge in [-0.05, 0) is 63.3 Å². The molecule has 0 aliphatic rings. The van der Waals surface area contributed by atoms with Crippen molar-refractivity contribution in [2.75, 3.05) is 12.4 Å². The van der Waals surface area contributed by atoms with Crippen molar-refractivity contribution in [1.82, 2.24) is 10.2 Å². The average molecular weight is 526 g/mol. The van der Waals surface area contributed by atoms with Crippen molar-refractivity contribution in [2.24, 2.45) is 5.92 Å². The minimum Gasteiger partial charge on any atom is -0.444 e. The Bertz CT molecular complexity index is 1160. The number of terminal acetylenes is 1. The minimum absolute atomic E-state index is 0.0772. The highest BCUT2D eigenvalue weighted by atomic mass is 35.5. The van der Waals surface area contributed by atoms with E-state index in [9.17, 15) is 14.4 Å². The first kappa shape index (κ1) is 29.7. The van der Waals surface area contributed by atoms with Crippen molar-refractivity contribution in [3.8, 4) is 12.3 Å². The van der Waals surface area contributed by atoms with E-state index in [-0.39, 0.29) is 5.92 Å². The topological polar surface area (TPSA) is 87.7 Å². The minimum atomic E-state index is -1.09. The summed E-state index contributed by atoms with van der Waals surface area (Å²) in [6, 6.07) is 10.2. The van der Waals surface area contributed by atoms with Gasteiger partial charge in [-0.15, -0.1) is 6.42 Å². The zero-order valence-corrected chi connectivity index (χ0v) is 23.3. The Kier molecular flexibility index (Phi) is 10.2. The molecule has 2 N–H and O–H groups in total. The fourth-order valence-electron chi connectivity index (χ4n) is 3.89. The lowest BCUT2D eigenvalue weighted by Crippen LogP contribution is -2.51. The van der Waals surface area contributed by atoms with Gasteiger partial charge < -0.3 is 20.3 Å². The number of amides is 3. The van der Waals surface area contributed by atoms with Crippen LogP contribution >= 0.6 is 11.6 Å². The molecule has 7 nitrogen and oxygen atoms in total. The van der Waals surface area contributed by atoms with Crippen LogP contribution in [-0.2, 0) is 14.3 Å². The van der Waals surface area contributed by atoms with Gasteiger partial charge in [0.25, 0.3) is 5.91 Å². The number of likely N-dealkylation sites (N-methyl/N-ethyl adjacent to an activating group) is 1. The number of carbonyl (C=O) groups excluding carboxylic acids is 3. The monoisotopic (exact) mass is 525 g/mol. The number of alkyl carbamates (subject to hydrolysis) is 1. The molecule has 0 spiro atoms. The maximum absolute atomic E-state index is 13.8. The molecule has 2 aromatic carbocycles. The number of anilines is 1. The molecule has 37 heavy (non-hydrogen) atoms. The number of aryl methyl sites for hydroxylation is 1. The van der Waals surface area contributed by atoms with E-state index in [1.165, 1.54) is 11.9 Å². The molecule has 0 saturated heterocycles. The molecule has 0 aliphatic carbocycles. The molecule has 0 aliphatic heterocycles. The summed E-state index contributed by atoms with van der Waals surface area (Å²) in [6.45, 7) is 10.9. The van der Waals surface area contributed by atoms with Gasteiger partial charge in [0.05, 0.1) is 10.7 Å². The molecule has 0 saturated carbocycles. The van der Waals surface area contributed by atoms with Gasteiger partial charge in [-0.3, -0.25) is 9.59 Å². The summed E-state index contributed by atoms with van der Waals surface area (Å²) >= 11 is 6.35. The zero-order valence-electron chi connectivity index (χ0n) is 22.5. The highest BCUT2D eigenvalue weighted by Gasteiger charge is 2.35. The molecule has 3 amide bonds. The predicted molar refractivity (Wildman–Crippen MR) is 147 cm³/mol. The van der Waals surface area contributed by atoms with Crippen LogP contribution in [0, 0.1) is 25.2 Å². The highest BCUT2D eigenvalue weighted by Crippen LogP contribution is 2.30. The number of para-hydroxylation sites is 1. The van der Waals surface area contributed by atoms with Crippen LogP contribution in [0.2, 0.25) is 5.02 Å². The molecule has 0 aromatic heterocycles. The Labute approximate surface area is 224 Å². The van der Waals surface area contributed by atoms with Crippen molar-refractivity contribution in [2.45, 2.75) is 65.6 Å². The van der Waals surface area contributed by atoms with E-state index in [0.717, 1.165) is 5.56 Å². The molecule has 8 heteroatoms. The average Bonchev–Trinajstić information content (AvgIpc) is 2.79. The first-order valence-corrected chi connectivity index (χ1v) is 12.5. The van der Waals surface area contributed by atoms with Crippen molar-refractivity contribution < 1.29 is 19.1 Å². The molecular formula is C29H36ClN3O4. The maximum atomic E-state index is 13.8. The molecule has 0 bridgehead atoms. The zero-order chi connectivity index (χ0) is 27.9. The Balaban J connectivity index is 2.49. The van der Waals surface area contributed by atoms with E-state index in [2.05, 4.69) is 16.6 Å². The van der Waals surface area contributed by atoms with Crippen molar-refractivity contribution in [1.29, 1.82) is 0 Å². The lowest BCUT2D eigenvalue weighted by molar-refractivity contribution is -0.139. The van der Waals surface area contributed by atoms with Crippen LogP contribution in [0.25, 0.3) is 0 Å². The van der Waals surface area contributed by atoms with Crippen LogP contribution in [-0.4, -0.2) is 41.5 Å². The number of ether oxygens (including phenoxy) is 1. The van der Waals surface area contributed by atoms with Gasteiger partial charge in [-0.25, -0.2) is 4.79 Å². The number of nitrogens with zero attached hydrogens (tertiary/aromatic N) is 1. The summed E-state index contributed by atoms with van der Waals surface area (Å²) in [6.07, 6.45) is 5.37. The summed E-state index contributed by atoms with van der Waals surface area (Å²) in [7, 11) is 1.52. The standard InChI is InChI=1S/C29H36ClN3O4/c1-9-20-14-10-11-15-21(20)25(26(34)32-24-19(4)13-12-16-22(24)30)33(8)27(35)23(17-18(2)3)31-28(36)37-29(5,6)7/h1,10-16,18,23,25H,17H2,2-8H3,(H,31,36)(H,32,34). The summed E-state index contributed by atoms with van der Waals surface area (Å²) in [5.41, 5.74) is 1.43. The Morgan fingerprint density at radius 3 is 2.32 bits per heavy atom. The van der Waals surface area contributed by atoms with E-state index in [1.807, 2.05) is 26.8 Å². The molecular weight excluding hydrogens is 490 g/mol. The Hall–Kier alpha value is -3.50. The van der Waals surface area contributed by atoms with E-state index < -0.39 is 35.6 Å². The molecule has 0 radical (unpaired) electrons. The van der Waals surface area contributed by atoms with E-state index in [0.29, 0.717) is 28.3 Å². The van der Waals surface area contributed by atoms with E-state index in [1.54, 1.807) is 57.2 Å². The van der Waals surface area contributed by atoms with Gasteiger partial charge in [0, 0.05) is 12.6 Å². The first-order chi connectivity index (χ1) is 17.2. The number of carbonyl (C=O) groups is 3. The van der Waals surface area contributed by atoms with Crippen LogP contribution < -0.4 is 10.6 Å². The first-order valence-electron chi connectivity index (χ1n) is 12.1. The fourth-order valence-corrected chi connectivity index (χ4v) is 4.16. The lowest BCUT2D eigenvalue weighted by atomic mass is 9.96. The number of hydrogen-bond donors (Lipinski definition) is 2. The largest absolute Gasteiger partial charge is 0.444 e. The van der Waals surface area contributed by atoms with Crippen molar-refractivity contribution in [3.63, 3.8) is 0 Å². The van der Waals surface area contributed by atoms with Gasteiger partial charge in [0.1, 0.15) is 17.7 Å². The number of benzene rings is 2. The van der Waals surface area contributed by atoms with E-state index >= 15 is 0 Å². The summed E-state index contributed by atoms with van der Waals surface area (Å²) in [4.78, 5) is 41.4. The van der Waals surface area contributed by atoms with Crippen LogP contribution in [0.4, 0.5) is 10.5 Å². The second-order valence-corrected chi connectivity index (χ2v) is 10.7. The van der Waals surface area contributed by atoms with Gasteiger partial charge in [0.15, 0.2) is 0 Å². The second kappa shape index (κ2) is 12.6. The Morgan fingerprint density at radius 2 is 1.76 bits per heavy atom. The van der Waals surface area contributed by atoms with Gasteiger partial charge in [-0.2, -0.15) is 0 Å². The molecule has 2 unspecified atom stereocenters.